The summed E-state index contributed by atoms with van der Waals surface area (Å²) in [5, 5.41) is 0.734. The molecular formula is C11H21BO2P. The highest BCUT2D eigenvalue weighted by molar-refractivity contribution is 7.41. The summed E-state index contributed by atoms with van der Waals surface area (Å²) < 4.78 is 11.7. The largest absolute Gasteiger partial charge is 0.347 e. The molecule has 0 aromatic rings. The van der Waals surface area contributed by atoms with Gasteiger partial charge in [0.15, 0.2) is 5.79 Å². The maximum absolute atomic E-state index is 5.83. The van der Waals surface area contributed by atoms with Crippen LogP contribution in [-0.2, 0) is 9.47 Å². The Morgan fingerprint density at radius 1 is 0.867 bits per heavy atom. The zero-order valence-electron chi connectivity index (χ0n) is 10.2. The first-order valence-corrected chi connectivity index (χ1v) is 6.40. The summed E-state index contributed by atoms with van der Waals surface area (Å²) in [6.45, 7) is 10.9. The van der Waals surface area contributed by atoms with Gasteiger partial charge in [-0.25, -0.2) is 0 Å². The molecule has 0 aliphatic carbocycles. The highest BCUT2D eigenvalue weighted by atomic mass is 31.1. The normalized spacial score (nSPS) is 31.2. The van der Waals surface area contributed by atoms with E-state index in [2.05, 4.69) is 27.7 Å². The third kappa shape index (κ3) is 2.96. The summed E-state index contributed by atoms with van der Waals surface area (Å²) in [7, 11) is 0.996. The van der Waals surface area contributed by atoms with Crippen molar-refractivity contribution < 1.29 is 9.47 Å². The predicted octanol–water partition coefficient (Wildman–Crippen LogP) is 2.38. The van der Waals surface area contributed by atoms with Crippen LogP contribution in [0.4, 0.5) is 0 Å². The predicted molar refractivity (Wildman–Crippen MR) is 66.1 cm³/mol. The molecule has 0 N–H and O–H groups in total. The molecule has 0 amide bonds. The molecule has 0 aromatic carbocycles. The Balaban J connectivity index is 0.00000112. The molecule has 0 unspecified atom stereocenters. The van der Waals surface area contributed by atoms with Crippen molar-refractivity contribution in [2.75, 3.05) is 13.2 Å². The van der Waals surface area contributed by atoms with E-state index in [0.29, 0.717) is 10.3 Å². The molecule has 2 heterocycles. The van der Waals surface area contributed by atoms with Gasteiger partial charge in [0.2, 0.25) is 0 Å². The zero-order valence-corrected chi connectivity index (χ0v) is 11.2. The minimum atomic E-state index is -0.252. The smallest absolute Gasteiger partial charge is 0.170 e. The van der Waals surface area contributed by atoms with Gasteiger partial charge in [-0.15, -0.1) is 8.58 Å². The van der Waals surface area contributed by atoms with Crippen LogP contribution in [0.5, 0.6) is 0 Å². The minimum absolute atomic E-state index is 0. The van der Waals surface area contributed by atoms with Crippen molar-refractivity contribution in [1.82, 2.24) is 0 Å². The second kappa shape index (κ2) is 4.02. The van der Waals surface area contributed by atoms with E-state index in [0.717, 1.165) is 34.6 Å². The first-order chi connectivity index (χ1) is 6.33. The number of hydrogen-bond donors (Lipinski definition) is 0. The van der Waals surface area contributed by atoms with Gasteiger partial charge in [0.05, 0.1) is 13.2 Å². The van der Waals surface area contributed by atoms with Crippen molar-refractivity contribution in [3.05, 3.63) is 0 Å². The second-order valence-electron chi connectivity index (χ2n) is 5.85. The van der Waals surface area contributed by atoms with Gasteiger partial charge in [-0.1, -0.05) is 27.7 Å². The van der Waals surface area contributed by atoms with Gasteiger partial charge in [-0.3, -0.25) is 0 Å². The lowest BCUT2D eigenvalue weighted by Gasteiger charge is -2.49. The Morgan fingerprint density at radius 3 is 1.67 bits per heavy atom. The van der Waals surface area contributed by atoms with E-state index in [-0.39, 0.29) is 14.2 Å². The lowest BCUT2D eigenvalue weighted by Crippen LogP contribution is -2.47. The molecule has 0 saturated carbocycles. The highest BCUT2D eigenvalue weighted by Crippen LogP contribution is 2.57. The van der Waals surface area contributed by atoms with E-state index < -0.39 is 0 Å². The monoisotopic (exact) mass is 227 g/mol. The van der Waals surface area contributed by atoms with Gasteiger partial charge in [0.25, 0.3) is 0 Å². The van der Waals surface area contributed by atoms with Crippen molar-refractivity contribution in [3.63, 3.8) is 0 Å². The van der Waals surface area contributed by atoms with Crippen LogP contribution in [0, 0.1) is 0 Å². The van der Waals surface area contributed by atoms with Crippen LogP contribution in [0.1, 0.15) is 40.5 Å². The van der Waals surface area contributed by atoms with Crippen LogP contribution < -0.4 is 0 Å². The molecule has 0 aromatic heterocycles. The van der Waals surface area contributed by atoms with Crippen molar-refractivity contribution >= 4 is 17.0 Å². The molecule has 2 fully saturated rings. The number of rotatable bonds is 0. The molecular weight excluding hydrogens is 206 g/mol. The summed E-state index contributed by atoms with van der Waals surface area (Å²) in [5.41, 5.74) is 0. The first-order valence-electron chi connectivity index (χ1n) is 5.40. The van der Waals surface area contributed by atoms with E-state index in [1.165, 1.54) is 0 Å². The van der Waals surface area contributed by atoms with Crippen molar-refractivity contribution in [1.29, 1.82) is 0 Å². The molecule has 2 aliphatic heterocycles. The summed E-state index contributed by atoms with van der Waals surface area (Å²) in [4.78, 5) is 0. The van der Waals surface area contributed by atoms with Crippen LogP contribution in [0.25, 0.3) is 0 Å². The lowest BCUT2D eigenvalue weighted by molar-refractivity contribution is -0.178. The Morgan fingerprint density at radius 2 is 1.27 bits per heavy atom. The van der Waals surface area contributed by atoms with Crippen LogP contribution in [-0.4, -0.2) is 37.7 Å². The van der Waals surface area contributed by atoms with E-state index in [4.69, 9.17) is 9.47 Å². The first kappa shape index (κ1) is 13.5. The van der Waals surface area contributed by atoms with Crippen LogP contribution >= 0.6 is 8.58 Å². The molecule has 3 radical (unpaired) electrons. The van der Waals surface area contributed by atoms with Gasteiger partial charge >= 0.3 is 0 Å². The van der Waals surface area contributed by atoms with Crippen molar-refractivity contribution in [3.8, 4) is 0 Å². The minimum Gasteiger partial charge on any atom is -0.347 e. The number of ether oxygens (including phenoxy) is 2. The lowest BCUT2D eigenvalue weighted by atomic mass is 9.92. The molecule has 2 saturated heterocycles. The molecule has 0 atom stereocenters. The summed E-state index contributed by atoms with van der Waals surface area (Å²) in [6.07, 6.45) is 2.11. The van der Waals surface area contributed by atoms with Crippen molar-refractivity contribution in [2.24, 2.45) is 0 Å². The van der Waals surface area contributed by atoms with Crippen LogP contribution in [0.15, 0.2) is 0 Å². The van der Waals surface area contributed by atoms with Gasteiger partial charge < -0.3 is 9.47 Å². The Labute approximate surface area is 96.8 Å². The molecule has 2 aliphatic rings. The number of hydrogen-bond acceptors (Lipinski definition) is 2. The van der Waals surface area contributed by atoms with Crippen LogP contribution in [0.2, 0.25) is 0 Å². The van der Waals surface area contributed by atoms with Gasteiger partial charge in [-0.2, -0.15) is 0 Å². The van der Waals surface area contributed by atoms with Crippen LogP contribution in [0.3, 0.4) is 0 Å². The van der Waals surface area contributed by atoms with Gasteiger partial charge in [0, 0.05) is 21.3 Å². The maximum atomic E-state index is 5.83. The van der Waals surface area contributed by atoms with E-state index in [1.807, 2.05) is 0 Å². The van der Waals surface area contributed by atoms with E-state index in [1.54, 1.807) is 0 Å². The maximum Gasteiger partial charge on any atom is 0.170 e. The molecule has 85 valence electrons. The summed E-state index contributed by atoms with van der Waals surface area (Å²) in [5.74, 6) is -0.252. The fourth-order valence-corrected chi connectivity index (χ4v) is 5.66. The standard InChI is InChI=1S/C11H21O2P.B/c1-9(2)7-11(12-5-6-13-11)8-10(3,4)14-9;/h14H,5-8H2,1-4H3;. The Hall–Kier alpha value is 0.415. The van der Waals surface area contributed by atoms with Gasteiger partial charge in [0.1, 0.15) is 0 Å². The average Bonchev–Trinajstić information content (AvgIpc) is 2.27. The third-order valence-corrected chi connectivity index (χ3v) is 4.62. The molecule has 1 spiro atoms. The van der Waals surface area contributed by atoms with E-state index >= 15 is 0 Å². The Bertz CT molecular complexity index is 217. The quantitative estimate of drug-likeness (QED) is 0.467. The fraction of sp³-hybridized carbons (Fsp3) is 1.00. The molecule has 2 rings (SSSR count). The second-order valence-corrected chi connectivity index (χ2v) is 8.81. The Kier molecular flexibility index (Phi) is 3.61. The highest BCUT2D eigenvalue weighted by Gasteiger charge is 2.50. The molecule has 15 heavy (non-hydrogen) atoms. The fourth-order valence-electron chi connectivity index (χ4n) is 3.11. The third-order valence-electron chi connectivity index (χ3n) is 2.91. The van der Waals surface area contributed by atoms with E-state index in [9.17, 15) is 0 Å². The summed E-state index contributed by atoms with van der Waals surface area (Å²) >= 11 is 0. The van der Waals surface area contributed by atoms with Crippen molar-refractivity contribution in [2.45, 2.75) is 56.6 Å². The molecule has 4 heteroatoms. The molecule has 2 nitrogen and oxygen atoms in total. The zero-order chi connectivity index (χ0) is 10.4. The average molecular weight is 227 g/mol. The molecule has 0 bridgehead atoms. The topological polar surface area (TPSA) is 18.5 Å². The van der Waals surface area contributed by atoms with Gasteiger partial charge in [-0.05, 0) is 10.3 Å². The SMILES string of the molecule is CC1(C)CC2(CC(C)(C)P1)OCCO2.[B]. The summed E-state index contributed by atoms with van der Waals surface area (Å²) in [6, 6.07) is 0.